The molecule has 2 fully saturated rings. The van der Waals surface area contributed by atoms with Crippen molar-refractivity contribution in [2.45, 2.75) is 52.5 Å². The number of carbonyl (C=O) groups excluding carboxylic acids is 1. The Morgan fingerprint density at radius 1 is 1.17 bits per heavy atom. The number of piperidine rings is 2. The van der Waals surface area contributed by atoms with Crippen molar-refractivity contribution in [3.63, 3.8) is 0 Å². The van der Waals surface area contributed by atoms with Crippen molar-refractivity contribution in [2.24, 2.45) is 17.8 Å². The average Bonchev–Trinajstić information content (AvgIpc) is 2.39. The zero-order valence-electron chi connectivity index (χ0n) is 12.1. The summed E-state index contributed by atoms with van der Waals surface area (Å²) in [6.07, 6.45) is 4.59. The van der Waals surface area contributed by atoms with Gasteiger partial charge in [0.15, 0.2) is 0 Å². The highest BCUT2D eigenvalue weighted by molar-refractivity contribution is 5.79. The van der Waals surface area contributed by atoms with Crippen LogP contribution in [-0.4, -0.2) is 36.5 Å². The van der Waals surface area contributed by atoms with Gasteiger partial charge in [-0.1, -0.05) is 13.8 Å². The van der Waals surface area contributed by atoms with Gasteiger partial charge in [0.2, 0.25) is 5.91 Å². The van der Waals surface area contributed by atoms with E-state index in [0.29, 0.717) is 11.9 Å². The second-order valence-corrected chi connectivity index (χ2v) is 6.49. The summed E-state index contributed by atoms with van der Waals surface area (Å²) < 4.78 is 0. The summed E-state index contributed by atoms with van der Waals surface area (Å²) in [6, 6.07) is 0.584. The molecule has 0 aromatic heterocycles. The van der Waals surface area contributed by atoms with E-state index in [1.165, 1.54) is 12.8 Å². The lowest BCUT2D eigenvalue weighted by Crippen LogP contribution is -2.48. The van der Waals surface area contributed by atoms with Crippen LogP contribution in [0.1, 0.15) is 46.5 Å². The molecule has 2 unspecified atom stereocenters. The zero-order valence-corrected chi connectivity index (χ0v) is 12.1. The van der Waals surface area contributed by atoms with Crippen molar-refractivity contribution in [3.05, 3.63) is 0 Å². The summed E-state index contributed by atoms with van der Waals surface area (Å²) in [6.45, 7) is 9.64. The van der Waals surface area contributed by atoms with Crippen molar-refractivity contribution in [1.29, 1.82) is 0 Å². The highest BCUT2D eigenvalue weighted by atomic mass is 16.2. The van der Waals surface area contributed by atoms with Crippen LogP contribution >= 0.6 is 0 Å². The molecule has 18 heavy (non-hydrogen) atoms. The van der Waals surface area contributed by atoms with Crippen LogP contribution in [0.5, 0.6) is 0 Å². The van der Waals surface area contributed by atoms with Crippen LogP contribution in [0, 0.1) is 17.8 Å². The number of hydrogen-bond donors (Lipinski definition) is 1. The number of nitrogens with one attached hydrogen (secondary N) is 1. The minimum Gasteiger partial charge on any atom is -0.342 e. The topological polar surface area (TPSA) is 32.3 Å². The van der Waals surface area contributed by atoms with Crippen LogP contribution in [0.25, 0.3) is 0 Å². The van der Waals surface area contributed by atoms with Gasteiger partial charge in [-0.3, -0.25) is 4.79 Å². The van der Waals surface area contributed by atoms with E-state index < -0.39 is 0 Å². The number of likely N-dealkylation sites (tertiary alicyclic amines) is 1. The van der Waals surface area contributed by atoms with Gasteiger partial charge in [-0.25, -0.2) is 0 Å². The Hall–Kier alpha value is -0.570. The maximum atomic E-state index is 12.4. The van der Waals surface area contributed by atoms with Gasteiger partial charge in [0, 0.05) is 25.7 Å². The molecule has 2 aliphatic heterocycles. The van der Waals surface area contributed by atoms with E-state index >= 15 is 0 Å². The van der Waals surface area contributed by atoms with E-state index in [9.17, 15) is 4.79 Å². The third-order valence-corrected chi connectivity index (χ3v) is 4.80. The second kappa shape index (κ2) is 6.05. The number of rotatable bonds is 2. The van der Waals surface area contributed by atoms with Crippen molar-refractivity contribution in [1.82, 2.24) is 10.2 Å². The molecular weight excluding hydrogens is 224 g/mol. The van der Waals surface area contributed by atoms with Crippen LogP contribution in [0.4, 0.5) is 0 Å². The minimum atomic E-state index is 0.233. The molecule has 0 aromatic carbocycles. The molecule has 2 rings (SSSR count). The summed E-state index contributed by atoms with van der Waals surface area (Å²) in [4.78, 5) is 14.5. The molecule has 2 atom stereocenters. The highest BCUT2D eigenvalue weighted by Gasteiger charge is 2.30. The van der Waals surface area contributed by atoms with Gasteiger partial charge in [0.25, 0.3) is 0 Å². The summed E-state index contributed by atoms with van der Waals surface area (Å²) in [7, 11) is 0. The predicted octanol–water partition coefficient (Wildman–Crippen LogP) is 2.27. The molecule has 1 N–H and O–H groups in total. The Kier molecular flexibility index (Phi) is 4.66. The fourth-order valence-corrected chi connectivity index (χ4v) is 3.25. The quantitative estimate of drug-likeness (QED) is 0.817. The van der Waals surface area contributed by atoms with Crippen molar-refractivity contribution < 1.29 is 4.79 Å². The SMILES string of the molecule is CC1CCC(C(=O)N2CCC(C(C)C)CC2)CN1. The van der Waals surface area contributed by atoms with Gasteiger partial charge in [0.05, 0.1) is 5.92 Å². The first-order chi connectivity index (χ1) is 8.58. The van der Waals surface area contributed by atoms with E-state index in [-0.39, 0.29) is 5.92 Å². The molecule has 0 aromatic rings. The van der Waals surface area contributed by atoms with Gasteiger partial charge in [-0.05, 0) is 44.4 Å². The first-order valence-electron chi connectivity index (χ1n) is 7.60. The van der Waals surface area contributed by atoms with Crippen molar-refractivity contribution >= 4 is 5.91 Å². The van der Waals surface area contributed by atoms with E-state index in [1.54, 1.807) is 0 Å². The normalized spacial score (nSPS) is 30.8. The Labute approximate surface area is 111 Å². The van der Waals surface area contributed by atoms with Crippen LogP contribution in [0.2, 0.25) is 0 Å². The van der Waals surface area contributed by atoms with Crippen molar-refractivity contribution in [3.8, 4) is 0 Å². The fraction of sp³-hybridized carbons (Fsp3) is 0.933. The van der Waals surface area contributed by atoms with Gasteiger partial charge in [-0.2, -0.15) is 0 Å². The van der Waals surface area contributed by atoms with Crippen LogP contribution < -0.4 is 5.32 Å². The molecule has 0 spiro atoms. The molecule has 2 heterocycles. The zero-order chi connectivity index (χ0) is 13.1. The number of carbonyl (C=O) groups is 1. The summed E-state index contributed by atoms with van der Waals surface area (Å²) in [5.74, 6) is 2.21. The van der Waals surface area contributed by atoms with Gasteiger partial charge >= 0.3 is 0 Å². The maximum Gasteiger partial charge on any atom is 0.226 e. The summed E-state index contributed by atoms with van der Waals surface area (Å²) in [5.41, 5.74) is 0. The lowest BCUT2D eigenvalue weighted by atomic mass is 9.86. The summed E-state index contributed by atoms with van der Waals surface area (Å²) >= 11 is 0. The molecule has 0 aliphatic carbocycles. The standard InChI is InChI=1S/C15H28N2O/c1-11(2)13-6-8-17(9-7-13)15(18)14-5-4-12(3)16-10-14/h11-14,16H,4-10H2,1-3H3. The third kappa shape index (κ3) is 3.25. The highest BCUT2D eigenvalue weighted by Crippen LogP contribution is 2.26. The van der Waals surface area contributed by atoms with E-state index in [4.69, 9.17) is 0 Å². The second-order valence-electron chi connectivity index (χ2n) is 6.49. The smallest absolute Gasteiger partial charge is 0.226 e. The van der Waals surface area contributed by atoms with Crippen LogP contribution in [0.3, 0.4) is 0 Å². The molecule has 0 radical (unpaired) electrons. The monoisotopic (exact) mass is 252 g/mol. The Balaban J connectivity index is 1.80. The van der Waals surface area contributed by atoms with Crippen molar-refractivity contribution in [2.75, 3.05) is 19.6 Å². The molecule has 1 amide bonds. The molecule has 2 saturated heterocycles. The molecule has 104 valence electrons. The third-order valence-electron chi connectivity index (χ3n) is 4.80. The van der Waals surface area contributed by atoms with Gasteiger partial charge in [0.1, 0.15) is 0 Å². The Bertz CT molecular complexity index is 274. The van der Waals surface area contributed by atoms with Gasteiger partial charge < -0.3 is 10.2 Å². The summed E-state index contributed by atoms with van der Waals surface area (Å²) in [5, 5.41) is 3.43. The molecule has 3 heteroatoms. The van der Waals surface area contributed by atoms with E-state index in [0.717, 1.165) is 44.3 Å². The molecule has 0 bridgehead atoms. The number of amides is 1. The molecule has 0 saturated carbocycles. The lowest BCUT2D eigenvalue weighted by molar-refractivity contribution is -0.137. The number of nitrogens with zero attached hydrogens (tertiary/aromatic N) is 1. The largest absolute Gasteiger partial charge is 0.342 e. The predicted molar refractivity (Wildman–Crippen MR) is 74.3 cm³/mol. The minimum absolute atomic E-state index is 0.233. The maximum absolute atomic E-state index is 12.4. The lowest BCUT2D eigenvalue weighted by Gasteiger charge is -2.37. The van der Waals surface area contributed by atoms with Crippen LogP contribution in [-0.2, 0) is 4.79 Å². The van der Waals surface area contributed by atoms with E-state index in [1.807, 2.05) is 0 Å². The first-order valence-corrected chi connectivity index (χ1v) is 7.60. The van der Waals surface area contributed by atoms with E-state index in [2.05, 4.69) is 31.0 Å². The number of hydrogen-bond acceptors (Lipinski definition) is 2. The molecule has 3 nitrogen and oxygen atoms in total. The molecular formula is C15H28N2O. The molecule has 2 aliphatic rings. The average molecular weight is 252 g/mol. The fourth-order valence-electron chi connectivity index (χ4n) is 3.25. The van der Waals surface area contributed by atoms with Gasteiger partial charge in [-0.15, -0.1) is 0 Å². The Morgan fingerprint density at radius 3 is 2.33 bits per heavy atom. The first kappa shape index (κ1) is 13.9. The van der Waals surface area contributed by atoms with Crippen LogP contribution in [0.15, 0.2) is 0 Å². The Morgan fingerprint density at radius 2 is 1.83 bits per heavy atom.